The largest absolute Gasteiger partial charge is 0.438 e. The maximum absolute atomic E-state index is 9.69. The standard InChI is InChI=1S/C15H17NO2/c1-10-6-7-11(2)14(9-10)18-15-13(12(3)17)5-4-8-16-15/h4-9,12,17H,1-3H3/t12-/m1/s1. The van der Waals surface area contributed by atoms with Crippen molar-refractivity contribution in [3.8, 4) is 11.6 Å². The SMILES string of the molecule is Cc1ccc(C)c(Oc2ncccc2[C@@H](C)O)c1. The van der Waals surface area contributed by atoms with Crippen molar-refractivity contribution in [3.63, 3.8) is 0 Å². The molecule has 0 saturated carbocycles. The van der Waals surface area contributed by atoms with E-state index in [1.165, 1.54) is 0 Å². The molecule has 1 heterocycles. The molecule has 2 aromatic rings. The Bertz CT molecular complexity index is 550. The van der Waals surface area contributed by atoms with E-state index in [9.17, 15) is 5.11 Å². The molecule has 0 bridgehead atoms. The highest BCUT2D eigenvalue weighted by molar-refractivity contribution is 5.40. The van der Waals surface area contributed by atoms with Crippen LogP contribution in [-0.4, -0.2) is 10.1 Å². The lowest BCUT2D eigenvalue weighted by atomic mass is 10.1. The molecule has 3 nitrogen and oxygen atoms in total. The Hall–Kier alpha value is -1.87. The Morgan fingerprint density at radius 3 is 2.72 bits per heavy atom. The summed E-state index contributed by atoms with van der Waals surface area (Å²) in [4.78, 5) is 4.18. The molecular weight excluding hydrogens is 226 g/mol. The molecule has 0 saturated heterocycles. The van der Waals surface area contributed by atoms with Gasteiger partial charge >= 0.3 is 0 Å². The maximum atomic E-state index is 9.69. The Kier molecular flexibility index (Phi) is 3.63. The van der Waals surface area contributed by atoms with Crippen molar-refractivity contribution in [2.75, 3.05) is 0 Å². The first-order valence-corrected chi connectivity index (χ1v) is 5.96. The maximum Gasteiger partial charge on any atom is 0.225 e. The summed E-state index contributed by atoms with van der Waals surface area (Å²) in [5.41, 5.74) is 2.87. The van der Waals surface area contributed by atoms with Crippen LogP contribution in [0.2, 0.25) is 0 Å². The summed E-state index contributed by atoms with van der Waals surface area (Å²) in [5.74, 6) is 1.23. The van der Waals surface area contributed by atoms with Crippen molar-refractivity contribution in [2.24, 2.45) is 0 Å². The molecule has 1 atom stereocenters. The van der Waals surface area contributed by atoms with Crippen molar-refractivity contribution < 1.29 is 9.84 Å². The van der Waals surface area contributed by atoms with Gasteiger partial charge in [-0.1, -0.05) is 12.1 Å². The minimum Gasteiger partial charge on any atom is -0.438 e. The van der Waals surface area contributed by atoms with Gasteiger partial charge in [-0.25, -0.2) is 4.98 Å². The highest BCUT2D eigenvalue weighted by atomic mass is 16.5. The van der Waals surface area contributed by atoms with Crippen LogP contribution in [0.5, 0.6) is 11.6 Å². The predicted octanol–water partition coefficient (Wildman–Crippen LogP) is 3.54. The number of nitrogens with zero attached hydrogens (tertiary/aromatic N) is 1. The molecule has 0 amide bonds. The predicted molar refractivity (Wildman–Crippen MR) is 70.9 cm³/mol. The zero-order chi connectivity index (χ0) is 13.1. The van der Waals surface area contributed by atoms with Gasteiger partial charge in [0.25, 0.3) is 0 Å². The molecule has 1 aromatic heterocycles. The van der Waals surface area contributed by atoms with Crippen molar-refractivity contribution in [3.05, 3.63) is 53.2 Å². The molecule has 0 aliphatic carbocycles. The summed E-state index contributed by atoms with van der Waals surface area (Å²) >= 11 is 0. The molecule has 0 aliphatic heterocycles. The third-order valence-electron chi connectivity index (χ3n) is 2.80. The molecule has 0 radical (unpaired) electrons. The molecular formula is C15H17NO2. The van der Waals surface area contributed by atoms with E-state index >= 15 is 0 Å². The quantitative estimate of drug-likeness (QED) is 0.896. The third kappa shape index (κ3) is 2.68. The van der Waals surface area contributed by atoms with Crippen LogP contribution in [-0.2, 0) is 0 Å². The van der Waals surface area contributed by atoms with Crippen LogP contribution in [0.25, 0.3) is 0 Å². The minimum atomic E-state index is -0.598. The highest BCUT2D eigenvalue weighted by Gasteiger charge is 2.11. The van der Waals surface area contributed by atoms with Crippen LogP contribution in [0.15, 0.2) is 36.5 Å². The van der Waals surface area contributed by atoms with Gasteiger partial charge in [-0.15, -0.1) is 0 Å². The van der Waals surface area contributed by atoms with E-state index in [-0.39, 0.29) is 0 Å². The molecule has 18 heavy (non-hydrogen) atoms. The normalized spacial score (nSPS) is 12.2. The fraction of sp³-hybridized carbons (Fsp3) is 0.267. The Labute approximate surface area is 107 Å². The van der Waals surface area contributed by atoms with Gasteiger partial charge in [0.2, 0.25) is 5.88 Å². The van der Waals surface area contributed by atoms with E-state index in [0.29, 0.717) is 11.4 Å². The highest BCUT2D eigenvalue weighted by Crippen LogP contribution is 2.29. The summed E-state index contributed by atoms with van der Waals surface area (Å²) in [6.45, 7) is 5.70. The summed E-state index contributed by atoms with van der Waals surface area (Å²) in [6, 6.07) is 9.62. The fourth-order valence-corrected chi connectivity index (χ4v) is 1.73. The van der Waals surface area contributed by atoms with Gasteiger partial charge in [0, 0.05) is 11.8 Å². The summed E-state index contributed by atoms with van der Waals surface area (Å²) in [7, 11) is 0. The second kappa shape index (κ2) is 5.19. The number of benzene rings is 1. The number of aliphatic hydroxyl groups is 1. The zero-order valence-electron chi connectivity index (χ0n) is 10.8. The lowest BCUT2D eigenvalue weighted by molar-refractivity contribution is 0.194. The molecule has 1 N–H and O–H groups in total. The van der Waals surface area contributed by atoms with Gasteiger partial charge in [-0.05, 0) is 50.1 Å². The molecule has 2 rings (SSSR count). The van der Waals surface area contributed by atoms with Gasteiger partial charge in [-0.2, -0.15) is 0 Å². The number of hydrogen-bond acceptors (Lipinski definition) is 3. The van der Waals surface area contributed by atoms with Crippen molar-refractivity contribution in [2.45, 2.75) is 26.9 Å². The average molecular weight is 243 g/mol. The molecule has 94 valence electrons. The van der Waals surface area contributed by atoms with Crippen molar-refractivity contribution in [1.29, 1.82) is 0 Å². The Balaban J connectivity index is 2.37. The first-order chi connectivity index (χ1) is 8.58. The van der Waals surface area contributed by atoms with Gasteiger partial charge < -0.3 is 9.84 Å². The van der Waals surface area contributed by atoms with E-state index < -0.39 is 6.10 Å². The number of aryl methyl sites for hydroxylation is 2. The van der Waals surface area contributed by atoms with Gasteiger partial charge in [0.05, 0.1) is 6.10 Å². The number of ether oxygens (including phenoxy) is 1. The van der Waals surface area contributed by atoms with Crippen LogP contribution in [0.4, 0.5) is 0 Å². The molecule has 0 spiro atoms. The Morgan fingerprint density at radius 2 is 2.00 bits per heavy atom. The lowest BCUT2D eigenvalue weighted by Gasteiger charge is -2.13. The zero-order valence-corrected chi connectivity index (χ0v) is 10.8. The Morgan fingerprint density at radius 1 is 1.22 bits per heavy atom. The number of pyridine rings is 1. The van der Waals surface area contributed by atoms with E-state index in [4.69, 9.17) is 4.74 Å². The first kappa shape index (κ1) is 12.6. The second-order valence-corrected chi connectivity index (χ2v) is 4.44. The van der Waals surface area contributed by atoms with E-state index in [1.54, 1.807) is 19.2 Å². The van der Waals surface area contributed by atoms with E-state index in [1.807, 2.05) is 38.1 Å². The van der Waals surface area contributed by atoms with Crippen LogP contribution in [0.3, 0.4) is 0 Å². The number of aliphatic hydroxyl groups excluding tert-OH is 1. The third-order valence-corrected chi connectivity index (χ3v) is 2.80. The number of rotatable bonds is 3. The molecule has 0 aliphatic rings. The topological polar surface area (TPSA) is 42.4 Å². The van der Waals surface area contributed by atoms with Crippen LogP contribution in [0.1, 0.15) is 29.7 Å². The summed E-state index contributed by atoms with van der Waals surface area (Å²) in [6.07, 6.45) is 1.06. The van der Waals surface area contributed by atoms with Crippen molar-refractivity contribution in [1.82, 2.24) is 4.98 Å². The van der Waals surface area contributed by atoms with Gasteiger partial charge in [-0.3, -0.25) is 0 Å². The molecule has 3 heteroatoms. The summed E-state index contributed by atoms with van der Waals surface area (Å²) < 4.78 is 5.81. The van der Waals surface area contributed by atoms with Crippen molar-refractivity contribution >= 4 is 0 Å². The summed E-state index contributed by atoms with van der Waals surface area (Å²) in [5, 5.41) is 9.69. The monoisotopic (exact) mass is 243 g/mol. The first-order valence-electron chi connectivity index (χ1n) is 5.96. The minimum absolute atomic E-state index is 0.459. The second-order valence-electron chi connectivity index (χ2n) is 4.44. The van der Waals surface area contributed by atoms with Crippen LogP contribution in [0, 0.1) is 13.8 Å². The van der Waals surface area contributed by atoms with Crippen LogP contribution >= 0.6 is 0 Å². The van der Waals surface area contributed by atoms with E-state index in [2.05, 4.69) is 4.98 Å². The fourth-order valence-electron chi connectivity index (χ4n) is 1.73. The smallest absolute Gasteiger partial charge is 0.225 e. The van der Waals surface area contributed by atoms with Crippen LogP contribution < -0.4 is 4.74 Å². The molecule has 0 unspecified atom stereocenters. The number of aromatic nitrogens is 1. The average Bonchev–Trinajstić information content (AvgIpc) is 2.34. The lowest BCUT2D eigenvalue weighted by Crippen LogP contribution is -1.99. The van der Waals surface area contributed by atoms with E-state index in [0.717, 1.165) is 16.9 Å². The van der Waals surface area contributed by atoms with Gasteiger partial charge in [0.1, 0.15) is 5.75 Å². The molecule has 0 fully saturated rings. The number of hydrogen-bond donors (Lipinski definition) is 1. The van der Waals surface area contributed by atoms with Gasteiger partial charge in [0.15, 0.2) is 0 Å². The molecule has 1 aromatic carbocycles.